The van der Waals surface area contributed by atoms with E-state index in [4.69, 9.17) is 23.4 Å². The number of hydrogen-bond acceptors (Lipinski definition) is 8. The molecule has 6 rings (SSSR count). The lowest BCUT2D eigenvalue weighted by Crippen LogP contribution is -2.15. The van der Waals surface area contributed by atoms with Crippen LogP contribution in [-0.2, 0) is 13.1 Å². The molecule has 4 aromatic rings. The lowest BCUT2D eigenvalue weighted by atomic mass is 10.1. The van der Waals surface area contributed by atoms with Gasteiger partial charge in [0.05, 0.1) is 5.69 Å². The zero-order chi connectivity index (χ0) is 23.1. The minimum atomic E-state index is -0.216. The number of hydrogen-bond donors (Lipinski definition) is 1. The summed E-state index contributed by atoms with van der Waals surface area (Å²) in [6.45, 7) is 4.30. The number of ketones is 1. The zero-order valence-electron chi connectivity index (χ0n) is 18.6. The summed E-state index contributed by atoms with van der Waals surface area (Å²) in [5.41, 5.74) is 3.86. The summed E-state index contributed by atoms with van der Waals surface area (Å²) in [5, 5.41) is 4.30. The Morgan fingerprint density at radius 2 is 1.68 bits per heavy atom. The summed E-state index contributed by atoms with van der Waals surface area (Å²) in [7, 11) is 0. The van der Waals surface area contributed by atoms with Crippen LogP contribution >= 0.6 is 0 Å². The fraction of sp³-hybridized carbons (Fsp3) is 0.231. The highest BCUT2D eigenvalue weighted by Crippen LogP contribution is 2.34. The number of benzene rings is 2. The lowest BCUT2D eigenvalue weighted by molar-refractivity contribution is 0.101. The minimum absolute atomic E-state index is 0.216. The largest absolute Gasteiger partial charge is 0.486 e. The van der Waals surface area contributed by atoms with Gasteiger partial charge < -0.3 is 28.7 Å². The molecule has 8 nitrogen and oxygen atoms in total. The van der Waals surface area contributed by atoms with Crippen molar-refractivity contribution in [2.45, 2.75) is 20.0 Å². The van der Waals surface area contributed by atoms with Crippen molar-refractivity contribution in [3.63, 3.8) is 0 Å². The molecule has 0 radical (unpaired) electrons. The van der Waals surface area contributed by atoms with E-state index in [1.807, 2.05) is 31.3 Å². The van der Waals surface area contributed by atoms with Gasteiger partial charge in [-0.3, -0.25) is 9.78 Å². The third kappa shape index (κ3) is 3.72. The molecule has 34 heavy (non-hydrogen) atoms. The number of nitrogens with one attached hydrogen (secondary N) is 1. The number of pyridine rings is 1. The number of carbonyl (C=O) groups excluding carboxylic acids is 1. The van der Waals surface area contributed by atoms with Gasteiger partial charge in [0, 0.05) is 30.2 Å². The Balaban J connectivity index is 1.22. The van der Waals surface area contributed by atoms with Gasteiger partial charge in [-0.15, -0.1) is 0 Å². The fourth-order valence-electron chi connectivity index (χ4n) is 4.17. The van der Waals surface area contributed by atoms with Crippen molar-refractivity contribution in [3.8, 4) is 23.0 Å². The fourth-order valence-corrected chi connectivity index (χ4v) is 4.17. The van der Waals surface area contributed by atoms with E-state index in [2.05, 4.69) is 10.3 Å². The van der Waals surface area contributed by atoms with Gasteiger partial charge in [-0.05, 0) is 54.4 Å². The van der Waals surface area contributed by atoms with Gasteiger partial charge in [0.25, 0.3) is 0 Å². The van der Waals surface area contributed by atoms with E-state index < -0.39 is 0 Å². The number of ether oxygens (including phenoxy) is 4. The van der Waals surface area contributed by atoms with Crippen molar-refractivity contribution >= 4 is 16.8 Å². The van der Waals surface area contributed by atoms with Crippen LogP contribution in [0.1, 0.15) is 32.9 Å². The number of aryl methyl sites for hydroxylation is 1. The number of rotatable bonds is 6. The van der Waals surface area contributed by atoms with E-state index in [0.29, 0.717) is 48.9 Å². The van der Waals surface area contributed by atoms with Crippen LogP contribution in [0.15, 0.2) is 53.1 Å². The standard InChI is InChI=1S/C26H22N2O6/c1-15-26-19(10-24(34-26)25(29)17-3-5-20-23(9-17)31-7-6-30-20)18(13-28-15)12-27-11-16-2-4-21-22(8-16)33-14-32-21/h2-5,8-10,13,27H,6-7,11-12,14H2,1H3. The van der Waals surface area contributed by atoms with E-state index in [9.17, 15) is 4.79 Å². The normalized spacial score (nSPS) is 13.9. The maximum atomic E-state index is 13.2. The summed E-state index contributed by atoms with van der Waals surface area (Å²) in [4.78, 5) is 17.6. The predicted octanol–water partition coefficient (Wildman–Crippen LogP) is 4.16. The van der Waals surface area contributed by atoms with E-state index >= 15 is 0 Å². The molecule has 172 valence electrons. The van der Waals surface area contributed by atoms with Crippen molar-refractivity contribution in [1.29, 1.82) is 0 Å². The zero-order valence-corrected chi connectivity index (χ0v) is 18.6. The van der Waals surface area contributed by atoms with Crippen molar-refractivity contribution in [1.82, 2.24) is 10.3 Å². The summed E-state index contributed by atoms with van der Waals surface area (Å²) < 4.78 is 27.9. The summed E-state index contributed by atoms with van der Waals surface area (Å²) in [6.07, 6.45) is 1.82. The SMILES string of the molecule is Cc1ncc(CNCc2ccc3c(c2)OCO3)c2cc(C(=O)c3ccc4c(c3)OCCO4)oc12. The molecule has 0 amide bonds. The Labute approximate surface area is 195 Å². The molecule has 0 atom stereocenters. The summed E-state index contributed by atoms with van der Waals surface area (Å²) >= 11 is 0. The Morgan fingerprint density at radius 3 is 2.59 bits per heavy atom. The van der Waals surface area contributed by atoms with Crippen LogP contribution in [0.4, 0.5) is 0 Å². The highest BCUT2D eigenvalue weighted by molar-refractivity contribution is 6.09. The first-order valence-corrected chi connectivity index (χ1v) is 11.1. The molecular weight excluding hydrogens is 436 g/mol. The molecule has 0 spiro atoms. The van der Waals surface area contributed by atoms with E-state index in [0.717, 1.165) is 33.7 Å². The van der Waals surface area contributed by atoms with Gasteiger partial charge in [-0.25, -0.2) is 0 Å². The molecule has 0 aliphatic carbocycles. The number of aromatic nitrogens is 1. The van der Waals surface area contributed by atoms with Crippen LogP contribution in [-0.4, -0.2) is 30.8 Å². The van der Waals surface area contributed by atoms with Crippen molar-refractivity contribution in [2.75, 3.05) is 20.0 Å². The molecule has 0 unspecified atom stereocenters. The van der Waals surface area contributed by atoms with Crippen LogP contribution in [0.2, 0.25) is 0 Å². The highest BCUT2D eigenvalue weighted by Gasteiger charge is 2.21. The van der Waals surface area contributed by atoms with E-state index in [1.165, 1.54) is 0 Å². The maximum absolute atomic E-state index is 13.2. The van der Waals surface area contributed by atoms with Crippen LogP contribution in [0.3, 0.4) is 0 Å². The van der Waals surface area contributed by atoms with Crippen molar-refractivity contribution in [2.24, 2.45) is 0 Å². The molecule has 2 aromatic carbocycles. The van der Waals surface area contributed by atoms with Crippen LogP contribution in [0.5, 0.6) is 23.0 Å². The minimum Gasteiger partial charge on any atom is -0.486 e. The molecule has 2 aromatic heterocycles. The maximum Gasteiger partial charge on any atom is 0.231 e. The predicted molar refractivity (Wildman–Crippen MR) is 123 cm³/mol. The number of carbonyl (C=O) groups is 1. The first-order valence-electron chi connectivity index (χ1n) is 11.1. The third-order valence-corrected chi connectivity index (χ3v) is 5.93. The molecule has 0 saturated heterocycles. The smallest absolute Gasteiger partial charge is 0.231 e. The first kappa shape index (κ1) is 20.6. The van der Waals surface area contributed by atoms with Gasteiger partial charge >= 0.3 is 0 Å². The van der Waals surface area contributed by atoms with Crippen LogP contribution < -0.4 is 24.3 Å². The second kappa shape index (κ2) is 8.39. The van der Waals surface area contributed by atoms with E-state index in [-0.39, 0.29) is 18.3 Å². The number of fused-ring (bicyclic) bond motifs is 3. The lowest BCUT2D eigenvalue weighted by Gasteiger charge is -2.18. The topological polar surface area (TPSA) is 92.1 Å². The quantitative estimate of drug-likeness (QED) is 0.431. The van der Waals surface area contributed by atoms with Gasteiger partial charge in [0.2, 0.25) is 12.6 Å². The van der Waals surface area contributed by atoms with Gasteiger partial charge in [-0.1, -0.05) is 6.07 Å². The second-order valence-corrected chi connectivity index (χ2v) is 8.20. The molecule has 8 heteroatoms. The molecule has 2 aliphatic heterocycles. The molecule has 0 saturated carbocycles. The third-order valence-electron chi connectivity index (χ3n) is 5.93. The van der Waals surface area contributed by atoms with E-state index in [1.54, 1.807) is 24.3 Å². The summed E-state index contributed by atoms with van der Waals surface area (Å²) in [6, 6.07) is 12.9. The molecule has 0 bridgehead atoms. The van der Waals surface area contributed by atoms with Gasteiger partial charge in [-0.2, -0.15) is 0 Å². The second-order valence-electron chi connectivity index (χ2n) is 8.20. The first-order chi connectivity index (χ1) is 16.7. The summed E-state index contributed by atoms with van der Waals surface area (Å²) in [5.74, 6) is 2.78. The Morgan fingerprint density at radius 1 is 0.912 bits per heavy atom. The average Bonchev–Trinajstić information content (AvgIpc) is 3.52. The van der Waals surface area contributed by atoms with Gasteiger partial charge in [0.15, 0.2) is 34.3 Å². The molecular formula is C26H22N2O6. The van der Waals surface area contributed by atoms with Crippen molar-refractivity contribution in [3.05, 3.63) is 76.8 Å². The van der Waals surface area contributed by atoms with Gasteiger partial charge in [0.1, 0.15) is 13.2 Å². The number of nitrogens with zero attached hydrogens (tertiary/aromatic N) is 1. The number of furan rings is 1. The Bertz CT molecular complexity index is 1410. The molecule has 4 heterocycles. The average molecular weight is 458 g/mol. The molecule has 2 aliphatic rings. The van der Waals surface area contributed by atoms with Crippen molar-refractivity contribution < 1.29 is 28.2 Å². The van der Waals surface area contributed by atoms with Crippen LogP contribution in [0, 0.1) is 6.92 Å². The molecule has 0 fully saturated rings. The Hall–Kier alpha value is -4.04. The molecule has 1 N–H and O–H groups in total. The van der Waals surface area contributed by atoms with Crippen LogP contribution in [0.25, 0.3) is 11.0 Å². The monoisotopic (exact) mass is 458 g/mol. The Kier molecular flexibility index (Phi) is 5.07. The highest BCUT2D eigenvalue weighted by atomic mass is 16.7.